The van der Waals surface area contributed by atoms with Crippen LogP contribution in [0, 0.1) is 0 Å². The molecule has 0 radical (unpaired) electrons. The van der Waals surface area contributed by atoms with Crippen molar-refractivity contribution in [2.75, 3.05) is 18.0 Å². The molecule has 2 rings (SSSR count). The first-order valence-corrected chi connectivity index (χ1v) is 5.70. The summed E-state index contributed by atoms with van der Waals surface area (Å²) >= 11 is 3.42. The Morgan fingerprint density at radius 3 is 3.00 bits per heavy atom. The lowest BCUT2D eigenvalue weighted by Gasteiger charge is -2.16. The number of halogens is 1. The van der Waals surface area contributed by atoms with Crippen molar-refractivity contribution in [3.05, 3.63) is 28.2 Å². The van der Waals surface area contributed by atoms with Gasteiger partial charge in [0.15, 0.2) is 0 Å². The van der Waals surface area contributed by atoms with Crippen molar-refractivity contribution in [1.82, 2.24) is 0 Å². The summed E-state index contributed by atoms with van der Waals surface area (Å²) in [6, 6.07) is 5.82. The van der Waals surface area contributed by atoms with E-state index in [-0.39, 0.29) is 0 Å². The first-order chi connectivity index (χ1) is 7.15. The normalized spacial score (nSPS) is 19.1. The topological polar surface area (TPSA) is 40.5 Å². The van der Waals surface area contributed by atoms with Crippen LogP contribution >= 0.6 is 15.9 Å². The number of hydrogen-bond donors (Lipinski definition) is 1. The fraction of sp³-hybridized carbons (Fsp3) is 0.364. The third-order valence-electron chi connectivity index (χ3n) is 2.80. The molecule has 0 fully saturated rings. The van der Waals surface area contributed by atoms with E-state index in [0.29, 0.717) is 6.54 Å². The molecule has 1 heterocycles. The van der Waals surface area contributed by atoms with Gasteiger partial charge in [-0.15, -0.1) is 0 Å². The maximum Gasteiger partial charge on any atom is 0.312 e. The first kappa shape index (κ1) is 10.5. The predicted octanol–water partition coefficient (Wildman–Crippen LogP) is 2.46. The van der Waals surface area contributed by atoms with E-state index in [0.717, 1.165) is 22.3 Å². The highest BCUT2D eigenvalue weighted by molar-refractivity contribution is 9.10. The minimum Gasteiger partial charge on any atom is -0.481 e. The fourth-order valence-electron chi connectivity index (χ4n) is 2.06. The Morgan fingerprint density at radius 2 is 2.40 bits per heavy atom. The molecule has 1 atom stereocenters. The molecule has 1 unspecified atom stereocenters. The smallest absolute Gasteiger partial charge is 0.312 e. The molecular formula is C11H12BrNO2. The zero-order chi connectivity index (χ0) is 11.0. The molecule has 0 spiro atoms. The monoisotopic (exact) mass is 269 g/mol. The van der Waals surface area contributed by atoms with Crippen molar-refractivity contribution in [3.8, 4) is 0 Å². The molecule has 0 amide bonds. The van der Waals surface area contributed by atoms with Crippen molar-refractivity contribution in [3.63, 3.8) is 0 Å². The minimum atomic E-state index is -0.751. The van der Waals surface area contributed by atoms with Crippen molar-refractivity contribution in [1.29, 1.82) is 0 Å². The Kier molecular flexibility index (Phi) is 2.69. The third-order valence-corrected chi connectivity index (χ3v) is 3.49. The highest BCUT2D eigenvalue weighted by Crippen LogP contribution is 2.40. The second-order valence-electron chi connectivity index (χ2n) is 3.60. The van der Waals surface area contributed by atoms with Crippen LogP contribution < -0.4 is 4.90 Å². The number of carbonyl (C=O) groups is 1. The molecule has 3 nitrogen and oxygen atoms in total. The second kappa shape index (κ2) is 3.85. The lowest BCUT2D eigenvalue weighted by atomic mass is 10.0. The number of hydrogen-bond acceptors (Lipinski definition) is 2. The SMILES string of the molecule is CCN1CC(C(=O)O)c2c(Br)cccc21. The molecule has 0 saturated heterocycles. The van der Waals surface area contributed by atoms with Crippen LogP contribution in [0.5, 0.6) is 0 Å². The zero-order valence-electron chi connectivity index (χ0n) is 8.40. The van der Waals surface area contributed by atoms with E-state index in [4.69, 9.17) is 5.11 Å². The molecule has 1 N–H and O–H groups in total. The van der Waals surface area contributed by atoms with Crippen molar-refractivity contribution < 1.29 is 9.90 Å². The van der Waals surface area contributed by atoms with E-state index in [1.54, 1.807) is 0 Å². The van der Waals surface area contributed by atoms with Gasteiger partial charge < -0.3 is 10.0 Å². The summed E-state index contributed by atoms with van der Waals surface area (Å²) in [6.45, 7) is 3.45. The molecule has 15 heavy (non-hydrogen) atoms. The van der Waals surface area contributed by atoms with Gasteiger partial charge in [0.2, 0.25) is 0 Å². The molecule has 1 aromatic carbocycles. The standard InChI is InChI=1S/C11H12BrNO2/c1-2-13-6-7(11(14)15)10-8(12)4-3-5-9(10)13/h3-5,7H,2,6H2,1H3,(H,14,15). The van der Waals surface area contributed by atoms with Crippen LogP contribution in [0.2, 0.25) is 0 Å². The van der Waals surface area contributed by atoms with Crippen molar-refractivity contribution >= 4 is 27.6 Å². The highest BCUT2D eigenvalue weighted by Gasteiger charge is 2.34. The second-order valence-corrected chi connectivity index (χ2v) is 4.46. The van der Waals surface area contributed by atoms with E-state index in [1.807, 2.05) is 25.1 Å². The minimum absolute atomic E-state index is 0.407. The van der Waals surface area contributed by atoms with E-state index >= 15 is 0 Å². The van der Waals surface area contributed by atoms with Gasteiger partial charge in [-0.05, 0) is 19.1 Å². The van der Waals surface area contributed by atoms with Gasteiger partial charge in [0.25, 0.3) is 0 Å². The van der Waals surface area contributed by atoms with E-state index in [2.05, 4.69) is 20.8 Å². The van der Waals surface area contributed by atoms with Gasteiger partial charge in [-0.3, -0.25) is 4.79 Å². The Hall–Kier alpha value is -1.03. The van der Waals surface area contributed by atoms with Gasteiger partial charge in [0.1, 0.15) is 5.92 Å². The fourth-order valence-corrected chi connectivity index (χ4v) is 2.69. The number of aliphatic carboxylic acids is 1. The summed E-state index contributed by atoms with van der Waals surface area (Å²) in [5, 5.41) is 9.15. The maximum absolute atomic E-state index is 11.1. The molecule has 1 aliphatic heterocycles. The van der Waals surface area contributed by atoms with E-state index in [1.165, 1.54) is 0 Å². The number of nitrogens with zero attached hydrogens (tertiary/aromatic N) is 1. The number of likely N-dealkylation sites (N-methyl/N-ethyl adjacent to an activating group) is 1. The van der Waals surface area contributed by atoms with Crippen LogP contribution in [-0.2, 0) is 4.79 Å². The molecule has 4 heteroatoms. The molecule has 1 aliphatic rings. The van der Waals surface area contributed by atoms with Crippen LogP contribution in [0.1, 0.15) is 18.4 Å². The van der Waals surface area contributed by atoms with E-state index in [9.17, 15) is 4.79 Å². The van der Waals surface area contributed by atoms with Gasteiger partial charge in [-0.2, -0.15) is 0 Å². The van der Waals surface area contributed by atoms with Crippen LogP contribution in [0.25, 0.3) is 0 Å². The van der Waals surface area contributed by atoms with Gasteiger partial charge in [0, 0.05) is 28.8 Å². The number of anilines is 1. The summed E-state index contributed by atoms with van der Waals surface area (Å²) in [5.41, 5.74) is 1.95. The molecule has 0 saturated carbocycles. The number of fused-ring (bicyclic) bond motifs is 1. The molecular weight excluding hydrogens is 258 g/mol. The summed E-state index contributed by atoms with van der Waals surface area (Å²) in [6.07, 6.45) is 0. The largest absolute Gasteiger partial charge is 0.481 e. The Morgan fingerprint density at radius 1 is 1.67 bits per heavy atom. The molecule has 0 aliphatic carbocycles. The molecule has 80 valence electrons. The number of rotatable bonds is 2. The number of carboxylic acids is 1. The van der Waals surface area contributed by atoms with Gasteiger partial charge in [-0.1, -0.05) is 22.0 Å². The Bertz CT molecular complexity index is 406. The summed E-state index contributed by atoms with van der Waals surface area (Å²) in [4.78, 5) is 13.2. The first-order valence-electron chi connectivity index (χ1n) is 4.91. The van der Waals surface area contributed by atoms with Crippen molar-refractivity contribution in [2.45, 2.75) is 12.8 Å². The number of benzene rings is 1. The third kappa shape index (κ3) is 1.63. The maximum atomic E-state index is 11.1. The molecule has 1 aromatic rings. The molecule has 0 aromatic heterocycles. The van der Waals surface area contributed by atoms with Crippen LogP contribution in [0.3, 0.4) is 0 Å². The zero-order valence-corrected chi connectivity index (χ0v) is 9.99. The Labute approximate surface area is 96.8 Å². The van der Waals surface area contributed by atoms with Gasteiger partial charge in [0.05, 0.1) is 0 Å². The average molecular weight is 270 g/mol. The summed E-state index contributed by atoms with van der Waals surface area (Å²) in [5.74, 6) is -1.16. The van der Waals surface area contributed by atoms with Crippen LogP contribution in [0.4, 0.5) is 5.69 Å². The average Bonchev–Trinajstić information content (AvgIpc) is 2.58. The predicted molar refractivity (Wildman–Crippen MR) is 62.4 cm³/mol. The summed E-state index contributed by atoms with van der Waals surface area (Å²) < 4.78 is 0.892. The Balaban J connectivity index is 2.52. The lowest BCUT2D eigenvalue weighted by Crippen LogP contribution is -2.23. The highest BCUT2D eigenvalue weighted by atomic mass is 79.9. The van der Waals surface area contributed by atoms with Crippen LogP contribution in [-0.4, -0.2) is 24.2 Å². The quantitative estimate of drug-likeness (QED) is 0.897. The molecule has 0 bridgehead atoms. The van der Waals surface area contributed by atoms with Gasteiger partial charge in [-0.25, -0.2) is 0 Å². The van der Waals surface area contributed by atoms with Crippen LogP contribution in [0.15, 0.2) is 22.7 Å². The van der Waals surface area contributed by atoms with Gasteiger partial charge >= 0.3 is 5.97 Å². The van der Waals surface area contributed by atoms with E-state index < -0.39 is 11.9 Å². The lowest BCUT2D eigenvalue weighted by molar-refractivity contribution is -0.138. The summed E-state index contributed by atoms with van der Waals surface area (Å²) in [7, 11) is 0. The van der Waals surface area contributed by atoms with Crippen molar-refractivity contribution in [2.24, 2.45) is 0 Å². The number of carboxylic acid groups (broad SMARTS) is 1.